The van der Waals surface area contributed by atoms with E-state index in [1.807, 2.05) is 0 Å². The van der Waals surface area contributed by atoms with Crippen molar-refractivity contribution in [1.82, 2.24) is 0 Å². The Kier molecular flexibility index (Phi) is 6.08. The summed E-state index contributed by atoms with van der Waals surface area (Å²) in [5, 5.41) is 11.4. The van der Waals surface area contributed by atoms with Crippen molar-refractivity contribution in [3.05, 3.63) is 0 Å². The molecule has 0 aromatic rings. The Bertz CT molecular complexity index is 756. The molecule has 0 aromatic carbocycles. The Labute approximate surface area is 192 Å². The summed E-state index contributed by atoms with van der Waals surface area (Å²) in [7, 11) is 0. The van der Waals surface area contributed by atoms with Crippen LogP contribution in [-0.2, 0) is 23.9 Å². The van der Waals surface area contributed by atoms with E-state index in [0.29, 0.717) is 37.1 Å². The lowest BCUT2D eigenvalue weighted by Gasteiger charge is -2.65. The van der Waals surface area contributed by atoms with Gasteiger partial charge in [-0.2, -0.15) is 0 Å². The number of aliphatic hydroxyl groups is 1. The number of alkyl halides is 1. The van der Waals surface area contributed by atoms with E-state index < -0.39 is 16.4 Å². The average molecular weight is 499 g/mol. The number of carbonyl (C=O) groups excluding carboxylic acids is 3. The minimum absolute atomic E-state index is 0.0441. The van der Waals surface area contributed by atoms with Crippen molar-refractivity contribution in [2.75, 3.05) is 6.61 Å². The van der Waals surface area contributed by atoms with Crippen molar-refractivity contribution in [1.29, 1.82) is 0 Å². The summed E-state index contributed by atoms with van der Waals surface area (Å²) in [6, 6.07) is 0. The molecule has 4 saturated carbocycles. The second-order valence-electron chi connectivity index (χ2n) is 10.9. The predicted octanol–water partition coefficient (Wildman–Crippen LogP) is 3.81. The Morgan fingerprint density at radius 1 is 1.13 bits per heavy atom. The SMILES string of the molecule is CC(=O)OCC(=O)[C@H]1CC[C@H]2[C@@H]3CC(O)C4(Br)CC(OC=O)CC[C@]4(C)[C@H]3CC[C@]12C. The van der Waals surface area contributed by atoms with Crippen LogP contribution in [0, 0.1) is 34.5 Å². The molecule has 0 saturated heterocycles. The normalized spacial score (nSPS) is 48.7. The van der Waals surface area contributed by atoms with Crippen molar-refractivity contribution in [3.63, 3.8) is 0 Å². The van der Waals surface area contributed by atoms with Gasteiger partial charge in [0.2, 0.25) is 0 Å². The predicted molar refractivity (Wildman–Crippen MR) is 117 cm³/mol. The largest absolute Gasteiger partial charge is 0.465 e. The molecule has 31 heavy (non-hydrogen) atoms. The monoisotopic (exact) mass is 498 g/mol. The minimum Gasteiger partial charge on any atom is -0.465 e. The minimum atomic E-state index is -0.519. The Morgan fingerprint density at radius 2 is 1.87 bits per heavy atom. The topological polar surface area (TPSA) is 89.9 Å². The van der Waals surface area contributed by atoms with Gasteiger partial charge in [0.05, 0.1) is 10.4 Å². The molecule has 0 heterocycles. The summed E-state index contributed by atoms with van der Waals surface area (Å²) in [4.78, 5) is 35.0. The third-order valence-electron chi connectivity index (χ3n) is 9.79. The van der Waals surface area contributed by atoms with E-state index in [0.717, 1.165) is 38.5 Å². The number of hydrogen-bond donors (Lipinski definition) is 1. The molecule has 4 aliphatic carbocycles. The van der Waals surface area contributed by atoms with Crippen LogP contribution in [0.5, 0.6) is 0 Å². The fourth-order valence-electron chi connectivity index (χ4n) is 8.19. The number of ether oxygens (including phenoxy) is 2. The van der Waals surface area contributed by atoms with E-state index in [1.165, 1.54) is 6.92 Å². The number of fused-ring (bicyclic) bond motifs is 5. The molecule has 174 valence electrons. The quantitative estimate of drug-likeness (QED) is 0.352. The van der Waals surface area contributed by atoms with Crippen LogP contribution in [0.1, 0.15) is 72.1 Å². The highest BCUT2D eigenvalue weighted by Gasteiger charge is 2.67. The highest BCUT2D eigenvalue weighted by atomic mass is 79.9. The van der Waals surface area contributed by atoms with E-state index in [1.54, 1.807) is 0 Å². The molecule has 1 N–H and O–H groups in total. The summed E-state index contributed by atoms with van der Waals surface area (Å²) in [6.07, 6.45) is 6.26. The standard InChI is InChI=1S/C24H35BrO6/c1-14(27)30-12-20(28)19-5-4-17-16-10-21(29)24(25)11-15(31-13-26)6-9-23(24,3)18(16)7-8-22(17,19)2/h13,15-19,21,29H,4-12H2,1-3H3/t15?,16-,17-,18-,19+,21?,22-,23+,24?/m0/s1. The third-order valence-corrected chi connectivity index (χ3v) is 11.6. The molecular formula is C24H35BrO6. The van der Waals surface area contributed by atoms with Crippen LogP contribution in [0.25, 0.3) is 0 Å². The summed E-state index contributed by atoms with van der Waals surface area (Å²) in [5.74, 6) is 0.790. The zero-order valence-electron chi connectivity index (χ0n) is 18.8. The van der Waals surface area contributed by atoms with E-state index >= 15 is 0 Å². The van der Waals surface area contributed by atoms with E-state index in [4.69, 9.17) is 9.47 Å². The van der Waals surface area contributed by atoms with Gasteiger partial charge in [-0.1, -0.05) is 29.8 Å². The number of rotatable bonds is 5. The van der Waals surface area contributed by atoms with Gasteiger partial charge in [0, 0.05) is 19.3 Å². The summed E-state index contributed by atoms with van der Waals surface area (Å²) < 4.78 is 9.87. The van der Waals surface area contributed by atoms with Gasteiger partial charge >= 0.3 is 5.97 Å². The van der Waals surface area contributed by atoms with Crippen LogP contribution >= 0.6 is 15.9 Å². The maximum Gasteiger partial charge on any atom is 0.303 e. The lowest BCUT2D eigenvalue weighted by atomic mass is 9.44. The Balaban J connectivity index is 1.57. The molecule has 0 aliphatic heterocycles. The van der Waals surface area contributed by atoms with Crippen molar-refractivity contribution >= 4 is 34.2 Å². The number of carbonyl (C=O) groups is 3. The van der Waals surface area contributed by atoms with Crippen LogP contribution in [0.4, 0.5) is 0 Å². The molecule has 0 bridgehead atoms. The second kappa shape index (κ2) is 8.12. The van der Waals surface area contributed by atoms with Crippen LogP contribution in [-0.4, -0.2) is 46.5 Å². The molecule has 4 rings (SSSR count). The lowest BCUT2D eigenvalue weighted by molar-refractivity contribution is -0.165. The molecule has 0 spiro atoms. The van der Waals surface area contributed by atoms with Gasteiger partial charge in [-0.05, 0) is 73.5 Å². The maximum absolute atomic E-state index is 12.9. The fourth-order valence-corrected chi connectivity index (χ4v) is 9.23. The zero-order valence-corrected chi connectivity index (χ0v) is 20.4. The first-order valence-corrected chi connectivity index (χ1v) is 12.5. The fraction of sp³-hybridized carbons (Fsp3) is 0.875. The van der Waals surface area contributed by atoms with Gasteiger partial charge in [0.1, 0.15) is 12.7 Å². The first kappa shape index (κ1) is 23.2. The van der Waals surface area contributed by atoms with E-state index in [2.05, 4.69) is 29.8 Å². The van der Waals surface area contributed by atoms with Crippen molar-refractivity contribution in [2.45, 2.75) is 88.7 Å². The number of aliphatic hydroxyl groups excluding tert-OH is 1. The molecule has 0 radical (unpaired) electrons. The first-order valence-electron chi connectivity index (χ1n) is 11.7. The van der Waals surface area contributed by atoms with Crippen LogP contribution in [0.3, 0.4) is 0 Å². The van der Waals surface area contributed by atoms with Gasteiger partial charge in [0.15, 0.2) is 5.78 Å². The molecule has 6 nitrogen and oxygen atoms in total. The first-order chi connectivity index (χ1) is 14.6. The second-order valence-corrected chi connectivity index (χ2v) is 12.3. The average Bonchev–Trinajstić information content (AvgIpc) is 3.06. The van der Waals surface area contributed by atoms with Crippen LogP contribution in [0.2, 0.25) is 0 Å². The van der Waals surface area contributed by atoms with Gasteiger partial charge in [0.25, 0.3) is 6.47 Å². The number of Topliss-reactive ketones (excluding diaryl/α,β-unsaturated/α-hetero) is 1. The molecule has 4 aliphatic rings. The Morgan fingerprint density at radius 3 is 2.55 bits per heavy atom. The molecule has 0 aromatic heterocycles. The van der Waals surface area contributed by atoms with Gasteiger partial charge < -0.3 is 14.6 Å². The smallest absolute Gasteiger partial charge is 0.303 e. The van der Waals surface area contributed by atoms with Crippen molar-refractivity contribution in [3.8, 4) is 0 Å². The number of halogens is 1. The summed E-state index contributed by atoms with van der Waals surface area (Å²) in [6.45, 7) is 6.29. The van der Waals surface area contributed by atoms with Crippen LogP contribution in [0.15, 0.2) is 0 Å². The number of hydrogen-bond acceptors (Lipinski definition) is 6. The molecular weight excluding hydrogens is 464 g/mol. The van der Waals surface area contributed by atoms with Crippen LogP contribution < -0.4 is 0 Å². The highest BCUT2D eigenvalue weighted by molar-refractivity contribution is 9.10. The molecule has 4 fully saturated rings. The highest BCUT2D eigenvalue weighted by Crippen LogP contribution is 2.70. The molecule has 0 amide bonds. The van der Waals surface area contributed by atoms with E-state index in [9.17, 15) is 19.5 Å². The van der Waals surface area contributed by atoms with E-state index in [-0.39, 0.29) is 35.2 Å². The van der Waals surface area contributed by atoms with Gasteiger partial charge in [-0.25, -0.2) is 0 Å². The van der Waals surface area contributed by atoms with Gasteiger partial charge in [-0.15, -0.1) is 0 Å². The molecule has 3 unspecified atom stereocenters. The Hall–Kier alpha value is -0.950. The summed E-state index contributed by atoms with van der Waals surface area (Å²) in [5.41, 5.74) is -0.183. The number of esters is 1. The third kappa shape index (κ3) is 3.49. The maximum atomic E-state index is 12.9. The molecule has 7 heteroatoms. The lowest BCUT2D eigenvalue weighted by Crippen LogP contribution is -2.66. The zero-order chi connectivity index (χ0) is 22.6. The van der Waals surface area contributed by atoms with Crippen molar-refractivity contribution < 1.29 is 29.0 Å². The van der Waals surface area contributed by atoms with Crippen molar-refractivity contribution in [2.24, 2.45) is 34.5 Å². The summed E-state index contributed by atoms with van der Waals surface area (Å²) >= 11 is 3.97. The number of ketones is 1. The van der Waals surface area contributed by atoms with Gasteiger partial charge in [-0.3, -0.25) is 14.4 Å². The molecule has 9 atom stereocenters.